The highest BCUT2D eigenvalue weighted by Crippen LogP contribution is 2.15. The number of ether oxygens (including phenoxy) is 1. The van der Waals surface area contributed by atoms with E-state index in [1.54, 1.807) is 24.0 Å². The van der Waals surface area contributed by atoms with Gasteiger partial charge in [-0.1, -0.05) is 0 Å². The largest absolute Gasteiger partial charge is 0.377 e. The van der Waals surface area contributed by atoms with Crippen LogP contribution in [0, 0.1) is 6.92 Å². The number of aromatic nitrogens is 1. The van der Waals surface area contributed by atoms with E-state index in [9.17, 15) is 9.59 Å². The molecule has 1 N–H and O–H groups in total. The molecule has 1 aromatic rings. The number of nitrogens with zero attached hydrogens (tertiary/aromatic N) is 2. The fourth-order valence-corrected chi connectivity index (χ4v) is 3.12. The van der Waals surface area contributed by atoms with Gasteiger partial charge in [0, 0.05) is 45.0 Å². The van der Waals surface area contributed by atoms with Crippen LogP contribution in [0.1, 0.15) is 28.9 Å². The zero-order chi connectivity index (χ0) is 15.5. The minimum Gasteiger partial charge on any atom is -0.377 e. The lowest BCUT2D eigenvalue weighted by Gasteiger charge is -2.35. The molecule has 0 saturated carbocycles. The molecule has 0 spiro atoms. The van der Waals surface area contributed by atoms with Gasteiger partial charge in [-0.25, -0.2) is 0 Å². The Balaban J connectivity index is 1.56. The van der Waals surface area contributed by atoms with Crippen LogP contribution in [-0.2, 0) is 4.74 Å². The quantitative estimate of drug-likeness (QED) is 0.889. The summed E-state index contributed by atoms with van der Waals surface area (Å²) in [6, 6.07) is 3.39. The van der Waals surface area contributed by atoms with Crippen molar-refractivity contribution in [3.8, 4) is 0 Å². The van der Waals surface area contributed by atoms with Crippen molar-refractivity contribution in [1.82, 2.24) is 14.8 Å². The summed E-state index contributed by atoms with van der Waals surface area (Å²) < 4.78 is 5.66. The first kappa shape index (κ1) is 15.2. The Hall–Kier alpha value is -1.66. The lowest BCUT2D eigenvalue weighted by molar-refractivity contribution is 0.0432. The van der Waals surface area contributed by atoms with Gasteiger partial charge in [-0.05, 0) is 31.9 Å². The van der Waals surface area contributed by atoms with E-state index in [1.165, 1.54) is 0 Å². The fourth-order valence-electron chi connectivity index (χ4n) is 3.12. The van der Waals surface area contributed by atoms with Gasteiger partial charge in [0.25, 0.3) is 11.5 Å². The maximum atomic E-state index is 12.4. The van der Waals surface area contributed by atoms with E-state index in [0.29, 0.717) is 19.2 Å². The molecule has 1 atom stereocenters. The van der Waals surface area contributed by atoms with Crippen molar-refractivity contribution in [2.24, 2.45) is 0 Å². The second-order valence-electron chi connectivity index (χ2n) is 6.11. The van der Waals surface area contributed by atoms with Gasteiger partial charge in [-0.3, -0.25) is 14.5 Å². The molecule has 0 radical (unpaired) electrons. The summed E-state index contributed by atoms with van der Waals surface area (Å²) in [5.41, 5.74) is 0.702. The first-order chi connectivity index (χ1) is 10.6. The molecule has 22 heavy (non-hydrogen) atoms. The van der Waals surface area contributed by atoms with Crippen LogP contribution in [0.4, 0.5) is 0 Å². The molecule has 0 bridgehead atoms. The second-order valence-corrected chi connectivity index (χ2v) is 6.11. The predicted octanol–water partition coefficient (Wildman–Crippen LogP) is 0.620. The Labute approximate surface area is 130 Å². The highest BCUT2D eigenvalue weighted by Gasteiger charge is 2.26. The third-order valence-corrected chi connectivity index (χ3v) is 4.43. The number of rotatable bonds is 3. The fraction of sp³-hybridized carbons (Fsp3) is 0.625. The van der Waals surface area contributed by atoms with E-state index in [4.69, 9.17) is 4.74 Å². The molecule has 6 nitrogen and oxygen atoms in total. The number of amides is 1. The molecule has 2 fully saturated rings. The number of piperazine rings is 1. The van der Waals surface area contributed by atoms with Crippen LogP contribution in [0.25, 0.3) is 0 Å². The normalized spacial score (nSPS) is 23.0. The smallest absolute Gasteiger partial charge is 0.260 e. The summed E-state index contributed by atoms with van der Waals surface area (Å²) in [6.45, 7) is 6.65. The second kappa shape index (κ2) is 6.62. The molecular formula is C16H23N3O3. The van der Waals surface area contributed by atoms with E-state index >= 15 is 0 Å². The van der Waals surface area contributed by atoms with Crippen molar-refractivity contribution in [1.29, 1.82) is 0 Å². The molecule has 0 aromatic carbocycles. The highest BCUT2D eigenvalue weighted by atomic mass is 16.5. The van der Waals surface area contributed by atoms with Crippen molar-refractivity contribution < 1.29 is 9.53 Å². The van der Waals surface area contributed by atoms with Crippen molar-refractivity contribution in [3.05, 3.63) is 33.7 Å². The number of aromatic amines is 1. The molecule has 1 unspecified atom stereocenters. The third kappa shape index (κ3) is 3.39. The van der Waals surface area contributed by atoms with Crippen LogP contribution in [0.15, 0.2) is 16.9 Å². The molecule has 3 heterocycles. The molecule has 3 rings (SSSR count). The number of hydrogen-bond donors (Lipinski definition) is 1. The molecule has 0 aliphatic carbocycles. The summed E-state index contributed by atoms with van der Waals surface area (Å²) in [6.07, 6.45) is 2.64. The molecule has 1 aromatic heterocycles. The van der Waals surface area contributed by atoms with Gasteiger partial charge in [0.1, 0.15) is 5.56 Å². The monoisotopic (exact) mass is 305 g/mol. The van der Waals surface area contributed by atoms with Gasteiger partial charge in [0.2, 0.25) is 0 Å². The van der Waals surface area contributed by atoms with Crippen molar-refractivity contribution >= 4 is 5.91 Å². The number of hydrogen-bond acceptors (Lipinski definition) is 4. The van der Waals surface area contributed by atoms with Crippen LogP contribution in [0.5, 0.6) is 0 Å². The topological polar surface area (TPSA) is 65.6 Å². The summed E-state index contributed by atoms with van der Waals surface area (Å²) in [5.74, 6) is -0.169. The van der Waals surface area contributed by atoms with Gasteiger partial charge in [-0.15, -0.1) is 0 Å². The maximum Gasteiger partial charge on any atom is 0.260 e. The van der Waals surface area contributed by atoms with Crippen LogP contribution in [0.2, 0.25) is 0 Å². The molecule has 1 amide bonds. The highest BCUT2D eigenvalue weighted by molar-refractivity contribution is 5.93. The van der Waals surface area contributed by atoms with Gasteiger partial charge in [0.05, 0.1) is 6.10 Å². The van der Waals surface area contributed by atoms with E-state index in [0.717, 1.165) is 44.8 Å². The Bertz CT molecular complexity index is 585. The lowest BCUT2D eigenvalue weighted by atomic mass is 10.2. The molecular weight excluding hydrogens is 282 g/mol. The standard InChI is InChI=1S/C16H23N3O3/c1-12-4-5-14(15(20)17-12)16(21)19-8-6-18(7-9-19)11-13-3-2-10-22-13/h4-5,13H,2-3,6-11H2,1H3,(H,17,20). The summed E-state index contributed by atoms with van der Waals surface area (Å²) in [7, 11) is 0. The van der Waals surface area contributed by atoms with Crippen molar-refractivity contribution in [2.45, 2.75) is 25.9 Å². The van der Waals surface area contributed by atoms with E-state index < -0.39 is 0 Å². The number of carbonyl (C=O) groups excluding carboxylic acids is 1. The molecule has 2 aliphatic rings. The first-order valence-corrected chi connectivity index (χ1v) is 7.96. The van der Waals surface area contributed by atoms with Gasteiger partial charge < -0.3 is 14.6 Å². The molecule has 120 valence electrons. The minimum atomic E-state index is -0.299. The third-order valence-electron chi connectivity index (χ3n) is 4.43. The van der Waals surface area contributed by atoms with Crippen molar-refractivity contribution in [2.75, 3.05) is 39.3 Å². The Morgan fingerprint density at radius 1 is 1.32 bits per heavy atom. The van der Waals surface area contributed by atoms with E-state index in [-0.39, 0.29) is 17.0 Å². The average Bonchev–Trinajstić information content (AvgIpc) is 3.00. The lowest BCUT2D eigenvalue weighted by Crippen LogP contribution is -2.51. The van der Waals surface area contributed by atoms with Gasteiger partial charge in [0.15, 0.2) is 0 Å². The zero-order valence-corrected chi connectivity index (χ0v) is 13.0. The van der Waals surface area contributed by atoms with E-state index in [2.05, 4.69) is 9.88 Å². The summed E-state index contributed by atoms with van der Waals surface area (Å²) in [4.78, 5) is 31.1. The zero-order valence-electron chi connectivity index (χ0n) is 13.0. The number of H-pyrrole nitrogens is 1. The molecule has 2 aliphatic heterocycles. The average molecular weight is 305 g/mol. The number of aryl methyl sites for hydroxylation is 1. The molecule has 6 heteroatoms. The van der Waals surface area contributed by atoms with Crippen LogP contribution in [0.3, 0.4) is 0 Å². The van der Waals surface area contributed by atoms with Gasteiger partial charge in [-0.2, -0.15) is 0 Å². The Morgan fingerprint density at radius 3 is 2.73 bits per heavy atom. The Kier molecular flexibility index (Phi) is 4.59. The predicted molar refractivity (Wildman–Crippen MR) is 83.1 cm³/mol. The van der Waals surface area contributed by atoms with E-state index in [1.807, 2.05) is 0 Å². The number of nitrogens with one attached hydrogen (secondary N) is 1. The van der Waals surface area contributed by atoms with Crippen LogP contribution in [-0.4, -0.2) is 66.1 Å². The van der Waals surface area contributed by atoms with Crippen molar-refractivity contribution in [3.63, 3.8) is 0 Å². The maximum absolute atomic E-state index is 12.4. The number of pyridine rings is 1. The SMILES string of the molecule is Cc1ccc(C(=O)N2CCN(CC3CCCO3)CC2)c(=O)[nH]1. The van der Waals surface area contributed by atoms with Crippen LogP contribution < -0.4 is 5.56 Å². The minimum absolute atomic E-state index is 0.169. The first-order valence-electron chi connectivity index (χ1n) is 7.96. The molecule has 2 saturated heterocycles. The van der Waals surface area contributed by atoms with Gasteiger partial charge >= 0.3 is 0 Å². The Morgan fingerprint density at radius 2 is 2.09 bits per heavy atom. The van der Waals surface area contributed by atoms with Crippen LogP contribution >= 0.6 is 0 Å². The number of carbonyl (C=O) groups is 1. The summed E-state index contributed by atoms with van der Waals surface area (Å²) in [5, 5.41) is 0. The summed E-state index contributed by atoms with van der Waals surface area (Å²) >= 11 is 0.